The zero-order valence-electron chi connectivity index (χ0n) is 22.6. The predicted octanol–water partition coefficient (Wildman–Crippen LogP) is 3.54. The minimum atomic E-state index is 0.243. The molecular formula is C30H41N7O. The molecule has 0 spiro atoms. The highest BCUT2D eigenvalue weighted by molar-refractivity contribution is 5.86. The first-order valence-corrected chi connectivity index (χ1v) is 14.8. The zero-order valence-corrected chi connectivity index (χ0v) is 22.6. The Bertz CT molecular complexity index is 1280. The van der Waals surface area contributed by atoms with Gasteiger partial charge in [-0.3, -0.25) is 9.80 Å². The highest BCUT2D eigenvalue weighted by Gasteiger charge is 2.38. The van der Waals surface area contributed by atoms with Gasteiger partial charge in [-0.05, 0) is 89.0 Å². The number of hydrogen-bond acceptors (Lipinski definition) is 7. The van der Waals surface area contributed by atoms with Gasteiger partial charge < -0.3 is 20.3 Å². The smallest absolute Gasteiger partial charge is 0.160 e. The van der Waals surface area contributed by atoms with Crippen molar-refractivity contribution >= 4 is 11.0 Å². The van der Waals surface area contributed by atoms with Crippen molar-refractivity contribution < 1.29 is 5.11 Å². The summed E-state index contributed by atoms with van der Waals surface area (Å²) < 4.78 is 0. The summed E-state index contributed by atoms with van der Waals surface area (Å²) in [6.07, 6.45) is 7.57. The van der Waals surface area contributed by atoms with Crippen LogP contribution in [0.3, 0.4) is 0 Å². The van der Waals surface area contributed by atoms with E-state index in [1.165, 1.54) is 82.6 Å². The Morgan fingerprint density at radius 3 is 2.42 bits per heavy atom. The first kappa shape index (κ1) is 24.5. The summed E-state index contributed by atoms with van der Waals surface area (Å²) in [5, 5.41) is 24.0. The highest BCUT2D eigenvalue weighted by atomic mass is 16.3. The second kappa shape index (κ2) is 10.2. The van der Waals surface area contributed by atoms with E-state index < -0.39 is 0 Å². The summed E-state index contributed by atoms with van der Waals surface area (Å²) in [7, 11) is 0. The van der Waals surface area contributed by atoms with Gasteiger partial charge in [0, 0.05) is 66.9 Å². The molecule has 8 heteroatoms. The van der Waals surface area contributed by atoms with Gasteiger partial charge in [0.2, 0.25) is 0 Å². The fraction of sp³-hybridized carbons (Fsp3) is 0.600. The van der Waals surface area contributed by atoms with E-state index in [-0.39, 0.29) is 5.75 Å². The number of nitrogens with one attached hydrogen (secondary N) is 2. The lowest BCUT2D eigenvalue weighted by Gasteiger charge is -2.42. The lowest BCUT2D eigenvalue weighted by atomic mass is 9.95. The molecule has 0 bridgehead atoms. The van der Waals surface area contributed by atoms with Gasteiger partial charge in [0.1, 0.15) is 5.75 Å². The van der Waals surface area contributed by atoms with Crippen LogP contribution in [0.15, 0.2) is 30.3 Å². The van der Waals surface area contributed by atoms with Gasteiger partial charge in [-0.2, -0.15) is 0 Å². The van der Waals surface area contributed by atoms with Crippen LogP contribution in [0.4, 0.5) is 0 Å². The SMILES string of the molecule is C[C@@H]1c2c([nH]c3nnc(-c4ccccc4O)cc23)CCN1C1CCN(C2CCN(C3CCNCC3)CC2)C1. The van der Waals surface area contributed by atoms with Gasteiger partial charge in [0.15, 0.2) is 5.65 Å². The first-order valence-electron chi connectivity index (χ1n) is 14.8. The summed E-state index contributed by atoms with van der Waals surface area (Å²) in [4.78, 5) is 11.9. The van der Waals surface area contributed by atoms with Crippen molar-refractivity contribution in [3.8, 4) is 17.0 Å². The van der Waals surface area contributed by atoms with Crippen molar-refractivity contribution in [2.75, 3.05) is 45.8 Å². The summed E-state index contributed by atoms with van der Waals surface area (Å²) in [6, 6.07) is 12.0. The number of aromatic hydroxyl groups is 1. The Hall–Kier alpha value is -2.52. The van der Waals surface area contributed by atoms with Gasteiger partial charge in [-0.1, -0.05) is 12.1 Å². The van der Waals surface area contributed by atoms with Gasteiger partial charge >= 0.3 is 0 Å². The fourth-order valence-corrected chi connectivity index (χ4v) is 7.82. The number of hydrogen-bond donors (Lipinski definition) is 3. The number of benzene rings is 1. The van der Waals surface area contributed by atoms with Crippen molar-refractivity contribution in [1.29, 1.82) is 0 Å². The minimum absolute atomic E-state index is 0.243. The number of nitrogens with zero attached hydrogens (tertiary/aromatic N) is 5. The van der Waals surface area contributed by atoms with E-state index in [2.05, 4.69) is 48.2 Å². The molecule has 3 aromatic rings. The average Bonchev–Trinajstić information content (AvgIpc) is 3.59. The van der Waals surface area contributed by atoms with E-state index in [0.717, 1.165) is 47.3 Å². The minimum Gasteiger partial charge on any atom is -0.507 e. The largest absolute Gasteiger partial charge is 0.507 e. The Morgan fingerprint density at radius 2 is 1.61 bits per heavy atom. The van der Waals surface area contributed by atoms with Crippen molar-refractivity contribution in [1.82, 2.24) is 35.2 Å². The van der Waals surface area contributed by atoms with E-state index >= 15 is 0 Å². The van der Waals surface area contributed by atoms with E-state index in [0.29, 0.717) is 12.1 Å². The number of fused-ring (bicyclic) bond motifs is 3. The number of para-hydroxylation sites is 1. The molecule has 0 aliphatic carbocycles. The maximum atomic E-state index is 10.4. The Labute approximate surface area is 225 Å². The molecule has 4 aliphatic heterocycles. The molecule has 3 fully saturated rings. The van der Waals surface area contributed by atoms with E-state index in [4.69, 9.17) is 0 Å². The fourth-order valence-electron chi connectivity index (χ4n) is 7.82. The topological polar surface area (TPSA) is 83.5 Å². The van der Waals surface area contributed by atoms with Gasteiger partial charge in [-0.15, -0.1) is 10.2 Å². The van der Waals surface area contributed by atoms with Crippen LogP contribution in [0.5, 0.6) is 5.75 Å². The lowest BCUT2D eigenvalue weighted by molar-refractivity contribution is 0.0745. The summed E-state index contributed by atoms with van der Waals surface area (Å²) in [5.41, 5.74) is 4.98. The van der Waals surface area contributed by atoms with Crippen molar-refractivity contribution in [3.05, 3.63) is 41.6 Å². The van der Waals surface area contributed by atoms with Crippen molar-refractivity contribution in [2.24, 2.45) is 0 Å². The second-order valence-electron chi connectivity index (χ2n) is 11.9. The quantitative estimate of drug-likeness (QED) is 0.490. The Balaban J connectivity index is 1.05. The summed E-state index contributed by atoms with van der Waals surface area (Å²) in [5.74, 6) is 0.243. The van der Waals surface area contributed by atoms with Gasteiger partial charge in [0.05, 0.1) is 5.69 Å². The summed E-state index contributed by atoms with van der Waals surface area (Å²) in [6.45, 7) is 10.8. The maximum absolute atomic E-state index is 10.4. The van der Waals surface area contributed by atoms with Crippen LogP contribution in [0.2, 0.25) is 0 Å². The summed E-state index contributed by atoms with van der Waals surface area (Å²) >= 11 is 0. The van der Waals surface area contributed by atoms with E-state index in [1.54, 1.807) is 6.07 Å². The molecule has 202 valence electrons. The molecule has 8 nitrogen and oxygen atoms in total. The molecule has 0 radical (unpaired) electrons. The second-order valence-corrected chi connectivity index (χ2v) is 11.9. The number of likely N-dealkylation sites (tertiary alicyclic amines) is 2. The number of aromatic amines is 1. The number of rotatable bonds is 4. The standard InChI is InChI=1S/C30H41N7O/c1-20-29-25-18-27(24-4-2-3-5-28(24)38)33-34-30(25)32-26(29)11-17-37(20)23-10-16-36(19-23)22-8-14-35(15-9-22)21-6-12-31-13-7-21/h2-5,18,20-23,31,38H,6-17,19H2,1H3,(H,32,34)/t20-,23?/m1/s1. The molecular weight excluding hydrogens is 474 g/mol. The molecule has 3 N–H and O–H groups in total. The molecule has 2 atom stereocenters. The number of piperidine rings is 2. The number of phenolic OH excluding ortho intramolecular Hbond substituents is 1. The molecule has 38 heavy (non-hydrogen) atoms. The molecule has 7 rings (SSSR count). The average molecular weight is 516 g/mol. The van der Waals surface area contributed by atoms with Crippen LogP contribution in [-0.2, 0) is 6.42 Å². The Morgan fingerprint density at radius 1 is 0.868 bits per heavy atom. The van der Waals surface area contributed by atoms with E-state index in [1.807, 2.05) is 18.2 Å². The molecule has 0 amide bonds. The molecule has 0 saturated carbocycles. The van der Waals surface area contributed by atoms with Crippen molar-refractivity contribution in [3.63, 3.8) is 0 Å². The molecule has 3 saturated heterocycles. The van der Waals surface area contributed by atoms with Crippen LogP contribution in [0, 0.1) is 0 Å². The van der Waals surface area contributed by atoms with Crippen LogP contribution >= 0.6 is 0 Å². The third-order valence-electron chi connectivity index (χ3n) is 9.90. The normalized spacial score (nSPS) is 26.8. The molecule has 2 aromatic heterocycles. The number of aromatic nitrogens is 3. The predicted molar refractivity (Wildman–Crippen MR) is 150 cm³/mol. The van der Waals surface area contributed by atoms with Crippen LogP contribution < -0.4 is 5.32 Å². The van der Waals surface area contributed by atoms with Crippen LogP contribution in [0.1, 0.15) is 56.3 Å². The Kier molecular flexibility index (Phi) is 6.60. The molecule has 1 unspecified atom stereocenters. The third kappa shape index (κ3) is 4.41. The van der Waals surface area contributed by atoms with Gasteiger partial charge in [0.25, 0.3) is 0 Å². The first-order chi connectivity index (χ1) is 18.7. The number of phenols is 1. The monoisotopic (exact) mass is 515 g/mol. The third-order valence-corrected chi connectivity index (χ3v) is 9.90. The molecule has 6 heterocycles. The zero-order chi connectivity index (χ0) is 25.6. The number of H-pyrrole nitrogens is 1. The molecule has 4 aliphatic rings. The van der Waals surface area contributed by atoms with Crippen LogP contribution in [-0.4, -0.2) is 98.9 Å². The highest BCUT2D eigenvalue weighted by Crippen LogP contribution is 2.39. The van der Waals surface area contributed by atoms with Gasteiger partial charge in [-0.25, -0.2) is 0 Å². The lowest BCUT2D eigenvalue weighted by Crippen LogP contribution is -2.51. The molecule has 1 aromatic carbocycles. The van der Waals surface area contributed by atoms with E-state index in [9.17, 15) is 5.11 Å². The van der Waals surface area contributed by atoms with Crippen LogP contribution in [0.25, 0.3) is 22.3 Å². The maximum Gasteiger partial charge on any atom is 0.160 e. The van der Waals surface area contributed by atoms with Crippen molar-refractivity contribution in [2.45, 2.75) is 69.6 Å².